The molecule has 1 amide bonds. The highest BCUT2D eigenvalue weighted by Crippen LogP contribution is 2.25. The SMILES string of the molecule is CO[C@@H]1CN[C@@H](C(=O)N[C@H](C)c2c(C)nn(CC(F)(F)F)c2C)C1. The minimum absolute atomic E-state index is 0.00550. The van der Waals surface area contributed by atoms with Gasteiger partial charge in [-0.25, -0.2) is 0 Å². The first-order valence-corrected chi connectivity index (χ1v) is 7.79. The predicted octanol–water partition coefficient (Wildman–Crippen LogP) is 1.62. The van der Waals surface area contributed by atoms with Crippen molar-refractivity contribution in [1.29, 1.82) is 0 Å². The summed E-state index contributed by atoms with van der Waals surface area (Å²) in [6.45, 7) is 4.44. The Bertz CT molecular complexity index is 600. The molecule has 0 unspecified atom stereocenters. The number of ether oxygens (including phenoxy) is 1. The molecule has 1 aromatic heterocycles. The van der Waals surface area contributed by atoms with E-state index in [0.717, 1.165) is 4.68 Å². The third kappa shape index (κ3) is 4.27. The van der Waals surface area contributed by atoms with Crippen LogP contribution in [0.25, 0.3) is 0 Å². The number of amides is 1. The second-order valence-electron chi connectivity index (χ2n) is 6.14. The molecule has 2 heterocycles. The molecule has 2 rings (SSSR count). The molecule has 0 saturated carbocycles. The van der Waals surface area contributed by atoms with Crippen LogP contribution in [-0.4, -0.2) is 47.7 Å². The lowest BCUT2D eigenvalue weighted by Crippen LogP contribution is -2.41. The summed E-state index contributed by atoms with van der Waals surface area (Å²) in [5.41, 5.74) is 1.51. The minimum atomic E-state index is -4.34. The molecule has 0 spiro atoms. The van der Waals surface area contributed by atoms with E-state index in [1.807, 2.05) is 0 Å². The summed E-state index contributed by atoms with van der Waals surface area (Å²) in [5.74, 6) is -0.190. The van der Waals surface area contributed by atoms with Gasteiger partial charge in [0, 0.05) is 24.9 Å². The van der Waals surface area contributed by atoms with E-state index in [2.05, 4.69) is 15.7 Å². The van der Waals surface area contributed by atoms with E-state index in [0.29, 0.717) is 29.9 Å². The van der Waals surface area contributed by atoms with Crippen LogP contribution in [0.1, 0.15) is 36.3 Å². The van der Waals surface area contributed by atoms with Crippen molar-refractivity contribution >= 4 is 5.91 Å². The fraction of sp³-hybridized carbons (Fsp3) is 0.733. The zero-order valence-electron chi connectivity index (χ0n) is 14.2. The molecule has 0 bridgehead atoms. The van der Waals surface area contributed by atoms with Gasteiger partial charge in [0.1, 0.15) is 6.54 Å². The van der Waals surface area contributed by atoms with Crippen molar-refractivity contribution in [2.45, 2.75) is 58.1 Å². The number of halogens is 3. The minimum Gasteiger partial charge on any atom is -0.380 e. The Balaban J connectivity index is 2.07. The second kappa shape index (κ2) is 7.10. The van der Waals surface area contributed by atoms with E-state index in [9.17, 15) is 18.0 Å². The number of carbonyl (C=O) groups is 1. The normalized spacial score (nSPS) is 22.6. The lowest BCUT2D eigenvalue weighted by atomic mass is 10.1. The molecule has 0 aromatic carbocycles. The molecule has 6 nitrogen and oxygen atoms in total. The molecule has 24 heavy (non-hydrogen) atoms. The topological polar surface area (TPSA) is 68.2 Å². The van der Waals surface area contributed by atoms with E-state index in [1.54, 1.807) is 27.9 Å². The molecule has 1 aromatic rings. The summed E-state index contributed by atoms with van der Waals surface area (Å²) in [4.78, 5) is 12.3. The fourth-order valence-electron chi connectivity index (χ4n) is 3.13. The highest BCUT2D eigenvalue weighted by Gasteiger charge is 2.33. The third-order valence-electron chi connectivity index (χ3n) is 4.30. The van der Waals surface area contributed by atoms with Crippen LogP contribution in [-0.2, 0) is 16.1 Å². The molecule has 3 atom stereocenters. The van der Waals surface area contributed by atoms with Gasteiger partial charge in [0.2, 0.25) is 5.91 Å². The number of nitrogens with zero attached hydrogens (tertiary/aromatic N) is 2. The van der Waals surface area contributed by atoms with Crippen molar-refractivity contribution < 1.29 is 22.7 Å². The zero-order valence-corrected chi connectivity index (χ0v) is 14.2. The predicted molar refractivity (Wildman–Crippen MR) is 81.5 cm³/mol. The number of rotatable bonds is 5. The molecular formula is C15H23F3N4O2. The Morgan fingerprint density at radius 1 is 1.50 bits per heavy atom. The van der Waals surface area contributed by atoms with E-state index >= 15 is 0 Å². The molecule has 136 valence electrons. The van der Waals surface area contributed by atoms with Gasteiger partial charge < -0.3 is 15.4 Å². The Kier molecular flexibility index (Phi) is 5.54. The van der Waals surface area contributed by atoms with Gasteiger partial charge in [-0.05, 0) is 27.2 Å². The molecule has 2 N–H and O–H groups in total. The summed E-state index contributed by atoms with van der Waals surface area (Å²) < 4.78 is 43.9. The molecule has 1 fully saturated rings. The number of aromatic nitrogens is 2. The van der Waals surface area contributed by atoms with Crippen LogP contribution in [0.15, 0.2) is 0 Å². The van der Waals surface area contributed by atoms with Crippen LogP contribution in [0.2, 0.25) is 0 Å². The van der Waals surface area contributed by atoms with Gasteiger partial charge in [0.25, 0.3) is 0 Å². The first-order chi connectivity index (χ1) is 11.1. The summed E-state index contributed by atoms with van der Waals surface area (Å²) >= 11 is 0. The maximum atomic E-state index is 12.6. The van der Waals surface area contributed by atoms with Crippen molar-refractivity contribution in [2.24, 2.45) is 0 Å². The van der Waals surface area contributed by atoms with Crippen LogP contribution in [0.4, 0.5) is 13.2 Å². The number of alkyl halides is 3. The summed E-state index contributed by atoms with van der Waals surface area (Å²) in [7, 11) is 1.59. The lowest BCUT2D eigenvalue weighted by molar-refractivity contribution is -0.143. The number of aryl methyl sites for hydroxylation is 1. The average molecular weight is 348 g/mol. The standard InChI is InChI=1S/C15H23F3N4O2/c1-8(20-14(23)12-5-11(24-4)6-19-12)13-9(2)21-22(10(13)3)7-15(16,17)18/h8,11-12,19H,5-7H2,1-4H3,(H,20,23)/t8-,11+,12-/m1/s1. The fourth-order valence-corrected chi connectivity index (χ4v) is 3.13. The van der Waals surface area contributed by atoms with Gasteiger partial charge in [-0.1, -0.05) is 0 Å². The van der Waals surface area contributed by atoms with E-state index < -0.39 is 18.8 Å². The van der Waals surface area contributed by atoms with Gasteiger partial charge in [-0.15, -0.1) is 0 Å². The smallest absolute Gasteiger partial charge is 0.380 e. The van der Waals surface area contributed by atoms with Crippen LogP contribution < -0.4 is 10.6 Å². The molecule has 9 heteroatoms. The van der Waals surface area contributed by atoms with E-state index in [1.165, 1.54) is 0 Å². The van der Waals surface area contributed by atoms with Crippen molar-refractivity contribution in [3.8, 4) is 0 Å². The number of methoxy groups -OCH3 is 1. The summed E-state index contributed by atoms with van der Waals surface area (Å²) in [6, 6.07) is -0.786. The maximum absolute atomic E-state index is 12.6. The quantitative estimate of drug-likeness (QED) is 0.848. The molecule has 0 radical (unpaired) electrons. The largest absolute Gasteiger partial charge is 0.408 e. The van der Waals surface area contributed by atoms with Crippen LogP contribution in [0.5, 0.6) is 0 Å². The second-order valence-corrected chi connectivity index (χ2v) is 6.14. The lowest BCUT2D eigenvalue weighted by Gasteiger charge is -2.18. The van der Waals surface area contributed by atoms with Crippen molar-refractivity contribution in [2.75, 3.05) is 13.7 Å². The van der Waals surface area contributed by atoms with Gasteiger partial charge in [-0.2, -0.15) is 18.3 Å². The molecular weight excluding hydrogens is 325 g/mol. The van der Waals surface area contributed by atoms with Crippen molar-refractivity contribution in [3.63, 3.8) is 0 Å². The van der Waals surface area contributed by atoms with E-state index in [4.69, 9.17) is 4.74 Å². The molecule has 1 aliphatic rings. The highest BCUT2D eigenvalue weighted by atomic mass is 19.4. The van der Waals surface area contributed by atoms with Gasteiger partial charge in [-0.3, -0.25) is 9.48 Å². The highest BCUT2D eigenvalue weighted by molar-refractivity contribution is 5.82. The molecule has 0 aliphatic carbocycles. The van der Waals surface area contributed by atoms with E-state index in [-0.39, 0.29) is 18.1 Å². The average Bonchev–Trinajstić information content (AvgIpc) is 3.03. The third-order valence-corrected chi connectivity index (χ3v) is 4.30. The Morgan fingerprint density at radius 3 is 2.71 bits per heavy atom. The van der Waals surface area contributed by atoms with Crippen molar-refractivity contribution in [1.82, 2.24) is 20.4 Å². The maximum Gasteiger partial charge on any atom is 0.408 e. The Hall–Kier alpha value is -1.61. The van der Waals surface area contributed by atoms with Gasteiger partial charge in [0.05, 0.1) is 23.9 Å². The number of nitrogens with one attached hydrogen (secondary N) is 2. The van der Waals surface area contributed by atoms with Gasteiger partial charge >= 0.3 is 6.18 Å². The first kappa shape index (κ1) is 18.7. The number of carbonyl (C=O) groups excluding carboxylic acids is 1. The van der Waals surface area contributed by atoms with Crippen LogP contribution >= 0.6 is 0 Å². The Morgan fingerprint density at radius 2 is 2.17 bits per heavy atom. The van der Waals surface area contributed by atoms with Gasteiger partial charge in [0.15, 0.2) is 0 Å². The van der Waals surface area contributed by atoms with Crippen LogP contribution in [0.3, 0.4) is 0 Å². The summed E-state index contributed by atoms with van der Waals surface area (Å²) in [5, 5.41) is 9.88. The van der Waals surface area contributed by atoms with Crippen molar-refractivity contribution in [3.05, 3.63) is 17.0 Å². The number of hydrogen-bond donors (Lipinski definition) is 2. The first-order valence-electron chi connectivity index (χ1n) is 7.79. The Labute approximate surface area is 138 Å². The molecule has 1 aliphatic heterocycles. The van der Waals surface area contributed by atoms with Crippen LogP contribution in [0, 0.1) is 13.8 Å². The zero-order chi connectivity index (χ0) is 18.1. The monoisotopic (exact) mass is 348 g/mol. The summed E-state index contributed by atoms with van der Waals surface area (Å²) in [6.07, 6.45) is -3.77. The number of hydrogen-bond acceptors (Lipinski definition) is 4. The molecule has 1 saturated heterocycles.